The van der Waals surface area contributed by atoms with E-state index in [2.05, 4.69) is 36.6 Å². The van der Waals surface area contributed by atoms with Crippen LogP contribution >= 0.6 is 0 Å². The van der Waals surface area contributed by atoms with Crippen LogP contribution in [0.1, 0.15) is 41.9 Å². The van der Waals surface area contributed by atoms with Gasteiger partial charge in [-0.2, -0.15) is 5.10 Å². The van der Waals surface area contributed by atoms with Gasteiger partial charge in [-0.15, -0.1) is 0 Å². The van der Waals surface area contributed by atoms with Crippen LogP contribution in [0.15, 0.2) is 23.3 Å². The van der Waals surface area contributed by atoms with Gasteiger partial charge in [-0.1, -0.05) is 19.9 Å². The van der Waals surface area contributed by atoms with Crippen LogP contribution < -0.4 is 0 Å². The van der Waals surface area contributed by atoms with Gasteiger partial charge in [0.1, 0.15) is 0 Å². The number of amides is 1. The number of hydrogen-bond acceptors (Lipinski definition) is 2. The minimum absolute atomic E-state index is 0.0197. The molecule has 0 atom stereocenters. The Kier molecular flexibility index (Phi) is 2.26. The molecule has 1 amide bonds. The number of hydrazone groups is 1. The lowest BCUT2D eigenvalue weighted by Crippen LogP contribution is -2.29. The van der Waals surface area contributed by atoms with Crippen LogP contribution in [-0.2, 0) is 13.5 Å². The summed E-state index contributed by atoms with van der Waals surface area (Å²) in [5.74, 6) is -0.0197. The summed E-state index contributed by atoms with van der Waals surface area (Å²) in [6, 6.07) is 5.98. The van der Waals surface area contributed by atoms with Gasteiger partial charge < -0.3 is 4.57 Å². The highest BCUT2D eigenvalue weighted by atomic mass is 16.2. The number of carbonyl (C=O) groups excluding carboxylic acids is 1. The molecular formula is C17H19N3O. The standard InChI is InChI=1S/C17H19N3O/c1-17(2)8-11-15-13(9-17)19(3)12-7-5-6-10(14(12)15)16(21)20(4)18-11/h5-7H,8-9H2,1-4H3. The van der Waals surface area contributed by atoms with Crippen LogP contribution in [0, 0.1) is 5.41 Å². The Balaban J connectivity index is 2.20. The van der Waals surface area contributed by atoms with Gasteiger partial charge in [0, 0.05) is 36.3 Å². The van der Waals surface area contributed by atoms with E-state index in [4.69, 9.17) is 0 Å². The van der Waals surface area contributed by atoms with Crippen molar-refractivity contribution in [3.63, 3.8) is 0 Å². The fourth-order valence-corrected chi connectivity index (χ4v) is 3.78. The Morgan fingerprint density at radius 3 is 2.71 bits per heavy atom. The van der Waals surface area contributed by atoms with Crippen LogP contribution in [0.3, 0.4) is 0 Å². The number of rotatable bonds is 0. The van der Waals surface area contributed by atoms with Crippen molar-refractivity contribution in [1.82, 2.24) is 9.58 Å². The first-order valence-electron chi connectivity index (χ1n) is 7.35. The summed E-state index contributed by atoms with van der Waals surface area (Å²) in [6.07, 6.45) is 1.93. The van der Waals surface area contributed by atoms with Gasteiger partial charge in [0.05, 0.1) is 11.3 Å². The SMILES string of the molecule is CN1N=C2CC(C)(C)Cc3c2c2c(cccc2n3C)C1=O. The molecule has 0 saturated heterocycles. The molecule has 4 heteroatoms. The third kappa shape index (κ3) is 1.56. The fourth-order valence-electron chi connectivity index (χ4n) is 3.78. The molecule has 108 valence electrons. The third-order valence-electron chi connectivity index (χ3n) is 4.72. The van der Waals surface area contributed by atoms with Crippen molar-refractivity contribution >= 4 is 22.5 Å². The molecule has 0 saturated carbocycles. The van der Waals surface area contributed by atoms with E-state index in [1.807, 2.05) is 12.1 Å². The van der Waals surface area contributed by atoms with Crippen molar-refractivity contribution in [2.45, 2.75) is 26.7 Å². The smallest absolute Gasteiger partial charge is 0.274 e. The second kappa shape index (κ2) is 3.75. The van der Waals surface area contributed by atoms with Crippen LogP contribution in [-0.4, -0.2) is 28.2 Å². The lowest BCUT2D eigenvalue weighted by atomic mass is 9.75. The van der Waals surface area contributed by atoms with Crippen LogP contribution in [0.2, 0.25) is 0 Å². The number of benzene rings is 1. The first-order valence-corrected chi connectivity index (χ1v) is 7.35. The van der Waals surface area contributed by atoms with E-state index < -0.39 is 0 Å². The van der Waals surface area contributed by atoms with Crippen molar-refractivity contribution in [3.05, 3.63) is 35.0 Å². The van der Waals surface area contributed by atoms with E-state index in [0.717, 1.165) is 35.0 Å². The Bertz CT molecular complexity index is 826. The Labute approximate surface area is 124 Å². The van der Waals surface area contributed by atoms with Gasteiger partial charge in [0.15, 0.2) is 0 Å². The first-order chi connectivity index (χ1) is 9.89. The molecule has 0 unspecified atom stereocenters. The lowest BCUT2D eigenvalue weighted by Gasteiger charge is -2.31. The molecular weight excluding hydrogens is 262 g/mol. The molecule has 1 aromatic heterocycles. The minimum Gasteiger partial charge on any atom is -0.347 e. The third-order valence-corrected chi connectivity index (χ3v) is 4.72. The van der Waals surface area contributed by atoms with Crippen LogP contribution in [0.5, 0.6) is 0 Å². The maximum atomic E-state index is 12.6. The minimum atomic E-state index is -0.0197. The summed E-state index contributed by atoms with van der Waals surface area (Å²) in [4.78, 5) is 12.6. The molecule has 1 aromatic carbocycles. The molecule has 0 spiro atoms. The van der Waals surface area contributed by atoms with Crippen molar-refractivity contribution in [2.24, 2.45) is 17.6 Å². The number of aromatic nitrogens is 1. The summed E-state index contributed by atoms with van der Waals surface area (Å²) < 4.78 is 2.24. The summed E-state index contributed by atoms with van der Waals surface area (Å²) in [5, 5.41) is 7.20. The Morgan fingerprint density at radius 1 is 1.19 bits per heavy atom. The maximum Gasteiger partial charge on any atom is 0.274 e. The van der Waals surface area contributed by atoms with E-state index in [-0.39, 0.29) is 11.3 Å². The highest BCUT2D eigenvalue weighted by molar-refractivity contribution is 6.21. The highest BCUT2D eigenvalue weighted by Gasteiger charge is 2.37. The van der Waals surface area contributed by atoms with E-state index in [0.29, 0.717) is 0 Å². The van der Waals surface area contributed by atoms with Gasteiger partial charge in [-0.05, 0) is 30.4 Å². The maximum absolute atomic E-state index is 12.6. The number of hydrogen-bond donors (Lipinski definition) is 0. The normalized spacial score (nSPS) is 19.7. The van der Waals surface area contributed by atoms with Gasteiger partial charge >= 0.3 is 0 Å². The summed E-state index contributed by atoms with van der Waals surface area (Å²) in [5.41, 5.74) is 5.61. The van der Waals surface area contributed by atoms with E-state index in [1.165, 1.54) is 16.3 Å². The monoisotopic (exact) mass is 281 g/mol. The predicted octanol–water partition coefficient (Wildman–Crippen LogP) is 2.94. The lowest BCUT2D eigenvalue weighted by molar-refractivity contribution is 0.0801. The number of aryl methyl sites for hydroxylation is 1. The predicted molar refractivity (Wildman–Crippen MR) is 83.7 cm³/mol. The second-order valence-corrected chi connectivity index (χ2v) is 6.97. The van der Waals surface area contributed by atoms with Crippen molar-refractivity contribution in [2.75, 3.05) is 7.05 Å². The zero-order valence-corrected chi connectivity index (χ0v) is 12.9. The molecule has 21 heavy (non-hydrogen) atoms. The average Bonchev–Trinajstić information content (AvgIpc) is 2.64. The van der Waals surface area contributed by atoms with Gasteiger partial charge in [-0.3, -0.25) is 4.79 Å². The molecule has 0 bridgehead atoms. The molecule has 0 N–H and O–H groups in total. The molecule has 4 nitrogen and oxygen atoms in total. The summed E-state index contributed by atoms with van der Waals surface area (Å²) in [7, 11) is 3.85. The molecule has 2 aromatic rings. The highest BCUT2D eigenvalue weighted by Crippen LogP contribution is 2.42. The number of nitrogens with zero attached hydrogens (tertiary/aromatic N) is 3. The summed E-state index contributed by atoms with van der Waals surface area (Å²) >= 11 is 0. The quantitative estimate of drug-likeness (QED) is 0.731. The molecule has 2 aliphatic rings. The van der Waals surface area contributed by atoms with Gasteiger partial charge in [-0.25, -0.2) is 5.01 Å². The topological polar surface area (TPSA) is 37.6 Å². The Hall–Kier alpha value is -2.10. The zero-order valence-electron chi connectivity index (χ0n) is 12.9. The van der Waals surface area contributed by atoms with E-state index >= 15 is 0 Å². The molecule has 1 aliphatic heterocycles. The van der Waals surface area contributed by atoms with Crippen molar-refractivity contribution < 1.29 is 4.79 Å². The van der Waals surface area contributed by atoms with E-state index in [1.54, 1.807) is 7.05 Å². The van der Waals surface area contributed by atoms with Crippen molar-refractivity contribution in [3.8, 4) is 0 Å². The van der Waals surface area contributed by atoms with E-state index in [9.17, 15) is 4.79 Å². The molecule has 0 fully saturated rings. The molecule has 4 rings (SSSR count). The van der Waals surface area contributed by atoms with Crippen molar-refractivity contribution in [1.29, 1.82) is 0 Å². The average molecular weight is 281 g/mol. The molecule has 0 radical (unpaired) electrons. The molecule has 2 heterocycles. The number of carbonyl (C=O) groups is 1. The fraction of sp³-hybridized carbons (Fsp3) is 0.412. The largest absolute Gasteiger partial charge is 0.347 e. The second-order valence-electron chi connectivity index (χ2n) is 6.97. The van der Waals surface area contributed by atoms with Gasteiger partial charge in [0.25, 0.3) is 5.91 Å². The van der Waals surface area contributed by atoms with Crippen LogP contribution in [0.4, 0.5) is 0 Å². The van der Waals surface area contributed by atoms with Gasteiger partial charge in [0.2, 0.25) is 0 Å². The Morgan fingerprint density at radius 2 is 1.95 bits per heavy atom. The zero-order chi connectivity index (χ0) is 14.9. The van der Waals surface area contributed by atoms with Crippen LogP contribution in [0.25, 0.3) is 10.9 Å². The summed E-state index contributed by atoms with van der Waals surface area (Å²) in [6.45, 7) is 4.54. The first kappa shape index (κ1) is 12.6. The molecule has 1 aliphatic carbocycles.